The summed E-state index contributed by atoms with van der Waals surface area (Å²) in [5.74, 6) is -0.624. The fourth-order valence-electron chi connectivity index (χ4n) is 4.95. The Kier molecular flexibility index (Phi) is 35.1. The summed E-state index contributed by atoms with van der Waals surface area (Å²) in [5, 5.41) is 9.54. The van der Waals surface area contributed by atoms with E-state index >= 15 is 0 Å². The van der Waals surface area contributed by atoms with E-state index in [2.05, 4.69) is 74.6 Å². The maximum atomic E-state index is 12.2. The summed E-state index contributed by atoms with van der Waals surface area (Å²) in [5.41, 5.74) is 0. The van der Waals surface area contributed by atoms with Gasteiger partial charge in [-0.25, -0.2) is 0 Å². The summed E-state index contributed by atoms with van der Waals surface area (Å²) in [6.07, 6.45) is 47.0. The first-order valence-electron chi connectivity index (χ1n) is 18.8. The molecule has 264 valence electrons. The quantitative estimate of drug-likeness (QED) is 0.0438. The number of aliphatic hydroxyl groups is 1. The second kappa shape index (κ2) is 37.1. The molecule has 0 unspecified atom stereocenters. The zero-order valence-electron chi connectivity index (χ0n) is 29.8. The fourth-order valence-corrected chi connectivity index (χ4v) is 4.95. The standard InChI is InChI=1S/C41H70O5/c1-3-5-7-9-11-13-15-17-19-20-22-24-26-28-30-32-34-36-41(44)46-39(37-42)38-45-40(43)35-33-31-29-27-25-23-21-18-16-14-12-10-8-6-4-2/h6,8,11-14,17-19,21,39,42H,3-5,7,9-10,15-16,20,22-38H2,1-2H3/b8-6+,13-11+,14-12+,19-17+,21-18+/t39-/m0/s1. The van der Waals surface area contributed by atoms with Crippen LogP contribution in [0.2, 0.25) is 0 Å². The molecular formula is C41H70O5. The lowest BCUT2D eigenvalue weighted by Crippen LogP contribution is -2.28. The van der Waals surface area contributed by atoms with Gasteiger partial charge < -0.3 is 14.6 Å². The molecule has 46 heavy (non-hydrogen) atoms. The third kappa shape index (κ3) is 34.5. The lowest BCUT2D eigenvalue weighted by atomic mass is 10.1. The largest absolute Gasteiger partial charge is 0.462 e. The van der Waals surface area contributed by atoms with Crippen molar-refractivity contribution in [1.29, 1.82) is 0 Å². The molecule has 0 aliphatic rings. The minimum absolute atomic E-state index is 0.0804. The van der Waals surface area contributed by atoms with E-state index < -0.39 is 6.10 Å². The van der Waals surface area contributed by atoms with Crippen molar-refractivity contribution in [2.45, 2.75) is 174 Å². The van der Waals surface area contributed by atoms with E-state index in [0.717, 1.165) is 83.5 Å². The Bertz CT molecular complexity index is 823. The molecule has 0 aliphatic heterocycles. The molecule has 5 heteroatoms. The van der Waals surface area contributed by atoms with Gasteiger partial charge in [-0.3, -0.25) is 9.59 Å². The predicted octanol–water partition coefficient (Wildman–Crippen LogP) is 11.6. The van der Waals surface area contributed by atoms with E-state index in [1.54, 1.807) is 0 Å². The fraction of sp³-hybridized carbons (Fsp3) is 0.707. The lowest BCUT2D eigenvalue weighted by Gasteiger charge is -2.15. The first kappa shape index (κ1) is 43.6. The molecule has 5 nitrogen and oxygen atoms in total. The Hall–Kier alpha value is -2.40. The lowest BCUT2D eigenvalue weighted by molar-refractivity contribution is -0.161. The molecule has 0 radical (unpaired) electrons. The number of esters is 2. The average Bonchev–Trinajstić information content (AvgIpc) is 3.06. The third-order valence-electron chi connectivity index (χ3n) is 7.80. The highest BCUT2D eigenvalue weighted by Crippen LogP contribution is 2.12. The smallest absolute Gasteiger partial charge is 0.306 e. The van der Waals surface area contributed by atoms with E-state index in [1.165, 1.54) is 57.8 Å². The summed E-state index contributed by atoms with van der Waals surface area (Å²) >= 11 is 0. The normalized spacial score (nSPS) is 12.8. The van der Waals surface area contributed by atoms with E-state index in [1.807, 2.05) is 0 Å². The SMILES string of the molecule is CC/C=C/C/C=C/C/C=C/CCCCCCCC(=O)OC[C@H](CO)OC(=O)CCCCCCCCC/C=C/C/C=C/CCCCC. The van der Waals surface area contributed by atoms with Gasteiger partial charge in [-0.05, 0) is 77.0 Å². The Balaban J connectivity index is 3.62. The third-order valence-corrected chi connectivity index (χ3v) is 7.80. The maximum absolute atomic E-state index is 12.2. The van der Waals surface area contributed by atoms with Gasteiger partial charge in [-0.2, -0.15) is 0 Å². The molecule has 0 rings (SSSR count). The van der Waals surface area contributed by atoms with Crippen molar-refractivity contribution < 1.29 is 24.2 Å². The summed E-state index contributed by atoms with van der Waals surface area (Å²) in [6.45, 7) is 3.96. The van der Waals surface area contributed by atoms with E-state index in [9.17, 15) is 14.7 Å². The number of hydrogen-bond acceptors (Lipinski definition) is 5. The van der Waals surface area contributed by atoms with E-state index in [-0.39, 0.29) is 25.2 Å². The van der Waals surface area contributed by atoms with Crippen LogP contribution in [-0.2, 0) is 19.1 Å². The van der Waals surface area contributed by atoms with E-state index in [4.69, 9.17) is 9.47 Å². The van der Waals surface area contributed by atoms with Crippen molar-refractivity contribution in [3.8, 4) is 0 Å². The number of unbranched alkanes of at least 4 members (excludes halogenated alkanes) is 15. The number of ether oxygens (including phenoxy) is 2. The first-order valence-corrected chi connectivity index (χ1v) is 18.8. The van der Waals surface area contributed by atoms with Crippen LogP contribution in [0.15, 0.2) is 60.8 Å². The highest BCUT2D eigenvalue weighted by molar-refractivity contribution is 5.70. The number of allylic oxidation sites excluding steroid dienone is 10. The molecule has 0 amide bonds. The van der Waals surface area contributed by atoms with Crippen LogP contribution in [0, 0.1) is 0 Å². The number of rotatable bonds is 33. The van der Waals surface area contributed by atoms with Crippen molar-refractivity contribution >= 4 is 11.9 Å². The Morgan fingerprint density at radius 3 is 1.41 bits per heavy atom. The van der Waals surface area contributed by atoms with Crippen molar-refractivity contribution in [2.75, 3.05) is 13.2 Å². The zero-order chi connectivity index (χ0) is 33.6. The molecule has 0 spiro atoms. The molecular weight excluding hydrogens is 572 g/mol. The van der Waals surface area contributed by atoms with Gasteiger partial charge in [-0.15, -0.1) is 0 Å². The Morgan fingerprint density at radius 2 is 0.935 bits per heavy atom. The molecule has 0 heterocycles. The van der Waals surface area contributed by atoms with Crippen LogP contribution in [-0.4, -0.2) is 36.4 Å². The molecule has 0 saturated carbocycles. The van der Waals surface area contributed by atoms with Gasteiger partial charge >= 0.3 is 11.9 Å². The number of aliphatic hydroxyl groups excluding tert-OH is 1. The van der Waals surface area contributed by atoms with Gasteiger partial charge in [0.05, 0.1) is 6.61 Å². The topological polar surface area (TPSA) is 72.8 Å². The summed E-state index contributed by atoms with van der Waals surface area (Å²) in [4.78, 5) is 24.2. The number of hydrogen-bond donors (Lipinski definition) is 1. The van der Waals surface area contributed by atoms with Crippen LogP contribution in [0.5, 0.6) is 0 Å². The van der Waals surface area contributed by atoms with Crippen molar-refractivity contribution in [1.82, 2.24) is 0 Å². The molecule has 0 aromatic heterocycles. The summed E-state index contributed by atoms with van der Waals surface area (Å²) in [6, 6.07) is 0. The van der Waals surface area contributed by atoms with Crippen molar-refractivity contribution in [3.05, 3.63) is 60.8 Å². The highest BCUT2D eigenvalue weighted by atomic mass is 16.6. The Morgan fingerprint density at radius 1 is 0.522 bits per heavy atom. The van der Waals surface area contributed by atoms with Crippen LogP contribution >= 0.6 is 0 Å². The predicted molar refractivity (Wildman–Crippen MR) is 196 cm³/mol. The van der Waals surface area contributed by atoms with Crippen LogP contribution < -0.4 is 0 Å². The van der Waals surface area contributed by atoms with Crippen LogP contribution in [0.1, 0.15) is 168 Å². The minimum atomic E-state index is -0.784. The van der Waals surface area contributed by atoms with Crippen LogP contribution in [0.3, 0.4) is 0 Å². The number of carbonyl (C=O) groups is 2. The maximum Gasteiger partial charge on any atom is 0.306 e. The molecule has 0 fully saturated rings. The highest BCUT2D eigenvalue weighted by Gasteiger charge is 2.16. The zero-order valence-corrected chi connectivity index (χ0v) is 29.8. The van der Waals surface area contributed by atoms with Gasteiger partial charge in [0.15, 0.2) is 6.10 Å². The summed E-state index contributed by atoms with van der Waals surface area (Å²) in [7, 11) is 0. The molecule has 0 aromatic carbocycles. The second-order valence-corrected chi connectivity index (χ2v) is 12.3. The summed E-state index contributed by atoms with van der Waals surface area (Å²) < 4.78 is 10.6. The van der Waals surface area contributed by atoms with Gasteiger partial charge in [0, 0.05) is 12.8 Å². The first-order chi connectivity index (χ1) is 22.6. The molecule has 1 N–H and O–H groups in total. The Labute approximate surface area is 283 Å². The second-order valence-electron chi connectivity index (χ2n) is 12.3. The van der Waals surface area contributed by atoms with Crippen molar-refractivity contribution in [3.63, 3.8) is 0 Å². The minimum Gasteiger partial charge on any atom is -0.462 e. The van der Waals surface area contributed by atoms with Gasteiger partial charge in [0.25, 0.3) is 0 Å². The van der Waals surface area contributed by atoms with Crippen LogP contribution in [0.25, 0.3) is 0 Å². The molecule has 0 aromatic rings. The molecule has 0 bridgehead atoms. The van der Waals surface area contributed by atoms with E-state index in [0.29, 0.717) is 12.8 Å². The van der Waals surface area contributed by atoms with Crippen molar-refractivity contribution in [2.24, 2.45) is 0 Å². The molecule has 0 aliphatic carbocycles. The van der Waals surface area contributed by atoms with Gasteiger partial charge in [0.2, 0.25) is 0 Å². The van der Waals surface area contributed by atoms with Gasteiger partial charge in [-0.1, -0.05) is 139 Å². The van der Waals surface area contributed by atoms with Gasteiger partial charge in [0.1, 0.15) is 6.61 Å². The number of carbonyl (C=O) groups excluding carboxylic acids is 2. The molecule has 1 atom stereocenters. The molecule has 0 saturated heterocycles. The monoisotopic (exact) mass is 643 g/mol. The average molecular weight is 643 g/mol. The van der Waals surface area contributed by atoms with Crippen LogP contribution in [0.4, 0.5) is 0 Å².